The van der Waals surface area contributed by atoms with Crippen LogP contribution >= 0.6 is 11.3 Å². The SMILES string of the molecule is Cc1cccc(NC(=O)N(Cc2ccncc2)c2ccc(-c3csc4c(/C=C/C=O)cnc(N)c34)cc2)c1. The molecule has 3 aromatic heterocycles. The van der Waals surface area contributed by atoms with E-state index in [1.165, 1.54) is 6.08 Å². The topological polar surface area (TPSA) is 101 Å². The molecule has 3 heterocycles. The molecule has 5 aromatic rings. The maximum Gasteiger partial charge on any atom is 0.326 e. The van der Waals surface area contributed by atoms with Crippen LogP contribution < -0.4 is 16.0 Å². The Morgan fingerprint density at radius 1 is 1.11 bits per heavy atom. The molecule has 2 amide bonds. The molecule has 188 valence electrons. The number of anilines is 3. The Hall–Kier alpha value is -4.82. The number of nitrogens with one attached hydrogen (secondary N) is 1. The van der Waals surface area contributed by atoms with Crippen molar-refractivity contribution in [1.29, 1.82) is 0 Å². The molecular weight excluding hydrogens is 494 g/mol. The lowest BCUT2D eigenvalue weighted by atomic mass is 10.0. The van der Waals surface area contributed by atoms with E-state index in [2.05, 4.69) is 15.3 Å². The third-order valence-corrected chi connectivity index (χ3v) is 7.13. The Labute approximate surface area is 224 Å². The Balaban J connectivity index is 1.48. The van der Waals surface area contributed by atoms with Crippen LogP contribution in [0.25, 0.3) is 27.3 Å². The van der Waals surface area contributed by atoms with E-state index in [-0.39, 0.29) is 6.03 Å². The molecule has 0 atom stereocenters. The molecule has 3 N–H and O–H groups in total. The zero-order valence-corrected chi connectivity index (χ0v) is 21.5. The highest BCUT2D eigenvalue weighted by atomic mass is 32.1. The van der Waals surface area contributed by atoms with Crippen LogP contribution in [0.2, 0.25) is 0 Å². The van der Waals surface area contributed by atoms with Crippen LogP contribution in [0, 0.1) is 6.92 Å². The number of fused-ring (bicyclic) bond motifs is 1. The average molecular weight is 520 g/mol. The van der Waals surface area contributed by atoms with E-state index >= 15 is 0 Å². The van der Waals surface area contributed by atoms with Gasteiger partial charge in [-0.2, -0.15) is 0 Å². The summed E-state index contributed by atoms with van der Waals surface area (Å²) in [7, 11) is 0. The first-order valence-corrected chi connectivity index (χ1v) is 12.8. The van der Waals surface area contributed by atoms with Gasteiger partial charge in [0.15, 0.2) is 0 Å². The number of aldehydes is 1. The summed E-state index contributed by atoms with van der Waals surface area (Å²) >= 11 is 1.55. The number of nitrogen functional groups attached to an aromatic ring is 1. The first-order chi connectivity index (χ1) is 18.5. The summed E-state index contributed by atoms with van der Waals surface area (Å²) in [5.41, 5.74) is 12.5. The molecular formula is C30H25N5O2S. The molecule has 0 radical (unpaired) electrons. The van der Waals surface area contributed by atoms with E-state index in [9.17, 15) is 9.59 Å². The van der Waals surface area contributed by atoms with E-state index in [0.717, 1.165) is 55.6 Å². The van der Waals surface area contributed by atoms with Crippen LogP contribution in [0.1, 0.15) is 16.7 Å². The molecule has 0 aliphatic rings. The summed E-state index contributed by atoms with van der Waals surface area (Å²) in [5.74, 6) is 0.431. The first kappa shape index (κ1) is 24.9. The number of pyridine rings is 2. The molecule has 0 aliphatic carbocycles. The van der Waals surface area contributed by atoms with Gasteiger partial charge in [0.1, 0.15) is 12.1 Å². The second kappa shape index (κ2) is 11.1. The van der Waals surface area contributed by atoms with Gasteiger partial charge in [0.05, 0.1) is 6.54 Å². The van der Waals surface area contributed by atoms with Gasteiger partial charge in [-0.25, -0.2) is 9.78 Å². The van der Waals surface area contributed by atoms with Gasteiger partial charge in [-0.05, 0) is 77.5 Å². The van der Waals surface area contributed by atoms with Gasteiger partial charge in [-0.15, -0.1) is 11.3 Å². The van der Waals surface area contributed by atoms with Crippen molar-refractivity contribution in [2.75, 3.05) is 16.0 Å². The van der Waals surface area contributed by atoms with Crippen LogP contribution in [0.5, 0.6) is 0 Å². The lowest BCUT2D eigenvalue weighted by molar-refractivity contribution is -0.104. The van der Waals surface area contributed by atoms with E-state index < -0.39 is 0 Å². The Morgan fingerprint density at radius 3 is 2.63 bits per heavy atom. The largest absolute Gasteiger partial charge is 0.383 e. The van der Waals surface area contributed by atoms with E-state index in [1.54, 1.807) is 40.9 Å². The van der Waals surface area contributed by atoms with Crippen molar-refractivity contribution in [3.63, 3.8) is 0 Å². The first-order valence-electron chi connectivity index (χ1n) is 12.0. The Bertz CT molecular complexity index is 1630. The van der Waals surface area contributed by atoms with Crippen LogP contribution in [0.15, 0.2) is 90.7 Å². The van der Waals surface area contributed by atoms with Crippen LogP contribution in [-0.4, -0.2) is 22.3 Å². The van der Waals surface area contributed by atoms with Gasteiger partial charge in [-0.3, -0.25) is 14.7 Å². The van der Waals surface area contributed by atoms with Gasteiger partial charge in [0.2, 0.25) is 0 Å². The van der Waals surface area contributed by atoms with Gasteiger partial charge >= 0.3 is 6.03 Å². The molecule has 7 nitrogen and oxygen atoms in total. The molecule has 5 rings (SSSR count). The number of aromatic nitrogens is 2. The van der Waals surface area contributed by atoms with Crippen molar-refractivity contribution in [2.24, 2.45) is 0 Å². The number of hydrogen-bond acceptors (Lipinski definition) is 6. The average Bonchev–Trinajstić information content (AvgIpc) is 3.38. The minimum absolute atomic E-state index is 0.235. The monoisotopic (exact) mass is 519 g/mol. The van der Waals surface area contributed by atoms with Crippen molar-refractivity contribution in [3.05, 3.63) is 107 Å². The smallest absolute Gasteiger partial charge is 0.326 e. The number of nitrogens with zero attached hydrogens (tertiary/aromatic N) is 3. The summed E-state index contributed by atoms with van der Waals surface area (Å²) in [6.07, 6.45) is 9.02. The van der Waals surface area contributed by atoms with Gasteiger partial charge < -0.3 is 11.1 Å². The van der Waals surface area contributed by atoms with E-state index in [0.29, 0.717) is 12.4 Å². The summed E-state index contributed by atoms with van der Waals surface area (Å²) in [6.45, 7) is 2.37. The highest BCUT2D eigenvalue weighted by Gasteiger charge is 2.18. The summed E-state index contributed by atoms with van der Waals surface area (Å²) < 4.78 is 0.964. The standard InChI is InChI=1S/C30H25N5O2S/c1-20-4-2-6-24(16-20)34-30(37)35(18-21-11-13-32-14-12-21)25-9-7-22(8-10-25)26-19-38-28-23(5-3-15-36)17-33-29(31)27(26)28/h2-17,19H,18H2,1H3,(H2,31,33)(H,34,37)/b5-3+. The highest BCUT2D eigenvalue weighted by Crippen LogP contribution is 2.39. The number of nitrogens with two attached hydrogens (primary N) is 1. The van der Waals surface area contributed by atoms with Crippen molar-refractivity contribution in [1.82, 2.24) is 9.97 Å². The molecule has 8 heteroatoms. The van der Waals surface area contributed by atoms with Crippen LogP contribution in [0.3, 0.4) is 0 Å². The second-order valence-electron chi connectivity index (χ2n) is 8.74. The normalized spacial score (nSPS) is 11.1. The number of hydrogen-bond donors (Lipinski definition) is 2. The lowest BCUT2D eigenvalue weighted by Crippen LogP contribution is -2.34. The zero-order chi connectivity index (χ0) is 26.5. The Morgan fingerprint density at radius 2 is 1.89 bits per heavy atom. The molecule has 0 aliphatic heterocycles. The van der Waals surface area contributed by atoms with E-state index in [4.69, 9.17) is 5.73 Å². The minimum atomic E-state index is -0.235. The zero-order valence-electron chi connectivity index (χ0n) is 20.7. The molecule has 0 fully saturated rings. The predicted molar refractivity (Wildman–Crippen MR) is 155 cm³/mol. The fraction of sp³-hybridized carbons (Fsp3) is 0.0667. The van der Waals surface area contributed by atoms with E-state index in [1.807, 2.05) is 73.0 Å². The van der Waals surface area contributed by atoms with Crippen molar-refractivity contribution < 1.29 is 9.59 Å². The van der Waals surface area contributed by atoms with Crippen molar-refractivity contribution in [3.8, 4) is 11.1 Å². The second-order valence-corrected chi connectivity index (χ2v) is 9.62. The van der Waals surface area contributed by atoms with Crippen molar-refractivity contribution in [2.45, 2.75) is 13.5 Å². The summed E-state index contributed by atoms with van der Waals surface area (Å²) in [4.78, 5) is 34.4. The minimum Gasteiger partial charge on any atom is -0.383 e. The maximum atomic E-state index is 13.4. The molecule has 0 saturated heterocycles. The number of thiophene rings is 1. The lowest BCUT2D eigenvalue weighted by Gasteiger charge is -2.24. The third-order valence-electron chi connectivity index (χ3n) is 6.10. The molecule has 2 aromatic carbocycles. The molecule has 0 unspecified atom stereocenters. The van der Waals surface area contributed by atoms with Gasteiger partial charge in [0, 0.05) is 51.2 Å². The van der Waals surface area contributed by atoms with Crippen LogP contribution in [0.4, 0.5) is 22.0 Å². The number of rotatable bonds is 7. The van der Waals surface area contributed by atoms with Gasteiger partial charge in [-0.1, -0.05) is 24.3 Å². The molecule has 0 saturated carbocycles. The number of aryl methyl sites for hydroxylation is 1. The number of urea groups is 1. The molecule has 0 bridgehead atoms. The number of carbonyl (C=O) groups excluding carboxylic acids is 2. The maximum absolute atomic E-state index is 13.4. The van der Waals surface area contributed by atoms with Gasteiger partial charge in [0.25, 0.3) is 0 Å². The number of allylic oxidation sites excluding steroid dienone is 1. The number of benzene rings is 2. The summed E-state index contributed by atoms with van der Waals surface area (Å²) in [5, 5.41) is 5.90. The summed E-state index contributed by atoms with van der Waals surface area (Å²) in [6, 6.07) is 19.1. The highest BCUT2D eigenvalue weighted by molar-refractivity contribution is 7.18. The molecule has 0 spiro atoms. The Kier molecular flexibility index (Phi) is 7.24. The third kappa shape index (κ3) is 5.30. The fourth-order valence-electron chi connectivity index (χ4n) is 4.25. The molecule has 38 heavy (non-hydrogen) atoms. The predicted octanol–water partition coefficient (Wildman–Crippen LogP) is 6.70. The number of carbonyl (C=O) groups is 2. The van der Waals surface area contributed by atoms with Crippen molar-refractivity contribution >= 4 is 57.0 Å². The number of amides is 2. The fourth-order valence-corrected chi connectivity index (χ4v) is 5.33. The quantitative estimate of drug-likeness (QED) is 0.184. The van der Waals surface area contributed by atoms with Crippen LogP contribution in [-0.2, 0) is 11.3 Å².